The Morgan fingerprint density at radius 2 is 1.96 bits per heavy atom. The van der Waals surface area contributed by atoms with Crippen LogP contribution in [0.1, 0.15) is 39.8 Å². The largest absolute Gasteiger partial charge is 0.333 e. The van der Waals surface area contributed by atoms with Gasteiger partial charge in [0.25, 0.3) is 5.91 Å². The minimum Gasteiger partial charge on any atom is -0.333 e. The molecular weight excluding hydrogens is 312 g/mol. The third-order valence-corrected chi connectivity index (χ3v) is 4.75. The van der Waals surface area contributed by atoms with Crippen molar-refractivity contribution in [2.45, 2.75) is 25.9 Å². The highest BCUT2D eigenvalue weighted by Crippen LogP contribution is 2.31. The monoisotopic (exact) mass is 332 g/mol. The Labute approximate surface area is 147 Å². The van der Waals surface area contributed by atoms with E-state index in [9.17, 15) is 4.79 Å². The van der Waals surface area contributed by atoms with Gasteiger partial charge in [-0.15, -0.1) is 0 Å². The van der Waals surface area contributed by atoms with Crippen molar-refractivity contribution >= 4 is 5.91 Å². The van der Waals surface area contributed by atoms with Crippen LogP contribution in [0.3, 0.4) is 0 Å². The van der Waals surface area contributed by atoms with E-state index < -0.39 is 0 Å². The number of hydrogen-bond acceptors (Lipinski definition) is 3. The van der Waals surface area contributed by atoms with E-state index in [2.05, 4.69) is 26.7 Å². The summed E-state index contributed by atoms with van der Waals surface area (Å²) in [5.41, 5.74) is 2.68. The van der Waals surface area contributed by atoms with E-state index in [0.29, 0.717) is 12.1 Å². The molecule has 4 rings (SSSR count). The predicted octanol–water partition coefficient (Wildman–Crippen LogP) is 3.22. The number of fused-ring (bicyclic) bond motifs is 1. The van der Waals surface area contributed by atoms with Gasteiger partial charge in [-0.05, 0) is 30.5 Å². The normalized spacial score (nSPS) is 17.0. The van der Waals surface area contributed by atoms with Gasteiger partial charge in [0.15, 0.2) is 0 Å². The molecule has 5 nitrogen and oxygen atoms in total. The first-order valence-corrected chi connectivity index (χ1v) is 8.53. The molecule has 0 spiro atoms. The summed E-state index contributed by atoms with van der Waals surface area (Å²) >= 11 is 0. The minimum absolute atomic E-state index is 0.0101. The summed E-state index contributed by atoms with van der Waals surface area (Å²) in [6.07, 6.45) is 8.09. The molecule has 25 heavy (non-hydrogen) atoms. The maximum Gasteiger partial charge on any atom is 0.256 e. The number of amides is 1. The van der Waals surface area contributed by atoms with Gasteiger partial charge in [-0.2, -0.15) is 0 Å². The van der Waals surface area contributed by atoms with Crippen LogP contribution in [-0.4, -0.2) is 31.9 Å². The Balaban J connectivity index is 1.82. The third kappa shape index (κ3) is 2.82. The molecule has 0 fully saturated rings. The van der Waals surface area contributed by atoms with Gasteiger partial charge in [0.1, 0.15) is 11.9 Å². The highest BCUT2D eigenvalue weighted by molar-refractivity contribution is 5.95. The predicted molar refractivity (Wildman–Crippen MR) is 95.1 cm³/mol. The average molecular weight is 332 g/mol. The number of hydrogen-bond donors (Lipinski definition) is 0. The molecule has 1 unspecified atom stereocenters. The molecule has 1 aromatic carbocycles. The molecule has 0 aliphatic carbocycles. The highest BCUT2D eigenvalue weighted by atomic mass is 16.2. The fourth-order valence-electron chi connectivity index (χ4n) is 3.46. The van der Waals surface area contributed by atoms with Crippen molar-refractivity contribution in [3.05, 3.63) is 83.7 Å². The molecule has 1 atom stereocenters. The first-order chi connectivity index (χ1) is 12.3. The molecule has 2 aromatic heterocycles. The summed E-state index contributed by atoms with van der Waals surface area (Å²) < 4.78 is 2.15. The number of aromatic nitrogens is 3. The summed E-state index contributed by atoms with van der Waals surface area (Å²) in [7, 11) is 0. The van der Waals surface area contributed by atoms with E-state index in [1.165, 1.54) is 0 Å². The van der Waals surface area contributed by atoms with Crippen LogP contribution in [0.2, 0.25) is 0 Å². The van der Waals surface area contributed by atoms with Crippen LogP contribution >= 0.6 is 0 Å². The number of aryl methyl sites for hydroxylation is 2. The SMILES string of the molecule is Cc1ccncc1C(=O)N1CCCn2ccnc2C1c1ccccc1. The van der Waals surface area contributed by atoms with Gasteiger partial charge in [0, 0.05) is 37.9 Å². The Morgan fingerprint density at radius 1 is 1.12 bits per heavy atom. The number of carbonyl (C=O) groups is 1. The van der Waals surface area contributed by atoms with Crippen LogP contribution in [0.4, 0.5) is 0 Å². The van der Waals surface area contributed by atoms with Gasteiger partial charge in [0.2, 0.25) is 0 Å². The van der Waals surface area contributed by atoms with Crippen molar-refractivity contribution in [2.75, 3.05) is 6.54 Å². The van der Waals surface area contributed by atoms with Crippen LogP contribution < -0.4 is 0 Å². The number of rotatable bonds is 2. The first kappa shape index (κ1) is 15.6. The standard InChI is InChI=1S/C20H20N4O/c1-15-8-9-21-14-17(15)20(25)24-12-5-11-23-13-10-22-19(23)18(24)16-6-3-2-4-7-16/h2-4,6-10,13-14,18H,5,11-12H2,1H3. The topological polar surface area (TPSA) is 51.0 Å². The lowest BCUT2D eigenvalue weighted by molar-refractivity contribution is 0.0705. The van der Waals surface area contributed by atoms with Crippen molar-refractivity contribution in [1.29, 1.82) is 0 Å². The van der Waals surface area contributed by atoms with Gasteiger partial charge < -0.3 is 9.47 Å². The number of pyridine rings is 1. The van der Waals surface area contributed by atoms with Gasteiger partial charge in [0.05, 0.1) is 5.56 Å². The fraction of sp³-hybridized carbons (Fsp3) is 0.250. The smallest absolute Gasteiger partial charge is 0.256 e. The van der Waals surface area contributed by atoms with Crippen molar-refractivity contribution in [3.63, 3.8) is 0 Å². The molecule has 0 saturated heterocycles. The van der Waals surface area contributed by atoms with E-state index in [0.717, 1.165) is 29.9 Å². The summed E-state index contributed by atoms with van der Waals surface area (Å²) in [6, 6.07) is 11.8. The van der Waals surface area contributed by atoms with Crippen LogP contribution in [0.25, 0.3) is 0 Å². The Morgan fingerprint density at radius 3 is 2.76 bits per heavy atom. The van der Waals surface area contributed by atoms with E-state index in [-0.39, 0.29) is 11.9 Å². The molecule has 0 saturated carbocycles. The van der Waals surface area contributed by atoms with Gasteiger partial charge in [-0.3, -0.25) is 9.78 Å². The molecule has 0 radical (unpaired) electrons. The van der Waals surface area contributed by atoms with Crippen LogP contribution in [0.5, 0.6) is 0 Å². The van der Waals surface area contributed by atoms with Crippen molar-refractivity contribution in [3.8, 4) is 0 Å². The second kappa shape index (κ2) is 6.51. The van der Waals surface area contributed by atoms with Crippen molar-refractivity contribution in [2.24, 2.45) is 0 Å². The quantitative estimate of drug-likeness (QED) is 0.724. The van der Waals surface area contributed by atoms with Crippen LogP contribution in [0, 0.1) is 6.92 Å². The number of imidazole rings is 1. The highest BCUT2D eigenvalue weighted by Gasteiger charge is 2.32. The molecule has 3 heterocycles. The molecule has 0 N–H and O–H groups in total. The zero-order valence-corrected chi connectivity index (χ0v) is 14.2. The Hall–Kier alpha value is -2.95. The fourth-order valence-corrected chi connectivity index (χ4v) is 3.46. The summed E-state index contributed by atoms with van der Waals surface area (Å²) in [6.45, 7) is 3.51. The molecular formula is C20H20N4O. The lowest BCUT2D eigenvalue weighted by Gasteiger charge is -2.30. The Bertz CT molecular complexity index is 887. The van der Waals surface area contributed by atoms with Crippen LogP contribution in [0.15, 0.2) is 61.2 Å². The van der Waals surface area contributed by atoms with E-state index in [4.69, 9.17) is 0 Å². The first-order valence-electron chi connectivity index (χ1n) is 8.53. The molecule has 1 amide bonds. The van der Waals surface area contributed by atoms with Crippen molar-refractivity contribution in [1.82, 2.24) is 19.4 Å². The van der Waals surface area contributed by atoms with E-state index >= 15 is 0 Å². The minimum atomic E-state index is -0.189. The van der Waals surface area contributed by atoms with Crippen molar-refractivity contribution < 1.29 is 4.79 Å². The van der Waals surface area contributed by atoms with E-state index in [1.807, 2.05) is 48.5 Å². The van der Waals surface area contributed by atoms with Gasteiger partial charge in [-0.1, -0.05) is 30.3 Å². The molecule has 126 valence electrons. The number of nitrogens with zero attached hydrogens (tertiary/aromatic N) is 4. The van der Waals surface area contributed by atoms with Crippen LogP contribution in [-0.2, 0) is 6.54 Å². The lowest BCUT2D eigenvalue weighted by atomic mass is 10.0. The molecule has 5 heteroatoms. The average Bonchev–Trinajstić information content (AvgIpc) is 3.02. The molecule has 3 aromatic rings. The Kier molecular flexibility index (Phi) is 4.06. The maximum absolute atomic E-state index is 13.3. The maximum atomic E-state index is 13.3. The van der Waals surface area contributed by atoms with Gasteiger partial charge in [-0.25, -0.2) is 4.98 Å². The molecule has 1 aliphatic rings. The van der Waals surface area contributed by atoms with E-state index in [1.54, 1.807) is 12.4 Å². The summed E-state index contributed by atoms with van der Waals surface area (Å²) in [4.78, 5) is 24.0. The zero-order chi connectivity index (χ0) is 17.2. The molecule has 1 aliphatic heterocycles. The summed E-state index contributed by atoms with van der Waals surface area (Å²) in [5, 5.41) is 0. The number of carbonyl (C=O) groups excluding carboxylic acids is 1. The second-order valence-electron chi connectivity index (χ2n) is 6.33. The zero-order valence-electron chi connectivity index (χ0n) is 14.2. The third-order valence-electron chi connectivity index (χ3n) is 4.75. The number of benzene rings is 1. The van der Waals surface area contributed by atoms with Gasteiger partial charge >= 0.3 is 0 Å². The second-order valence-corrected chi connectivity index (χ2v) is 6.33. The molecule has 0 bridgehead atoms. The lowest BCUT2D eigenvalue weighted by Crippen LogP contribution is -2.36. The summed E-state index contributed by atoms with van der Waals surface area (Å²) in [5.74, 6) is 0.925.